The monoisotopic (exact) mass is 158 g/mol. The summed E-state index contributed by atoms with van der Waals surface area (Å²) < 4.78 is 0. The van der Waals surface area contributed by atoms with Crippen molar-refractivity contribution in [3.05, 3.63) is 0 Å². The van der Waals surface area contributed by atoms with Crippen molar-refractivity contribution in [2.75, 3.05) is 27.3 Å². The van der Waals surface area contributed by atoms with Gasteiger partial charge in [-0.05, 0) is 27.1 Å². The Labute approximate surface area is 71.0 Å². The van der Waals surface area contributed by atoms with E-state index < -0.39 is 0 Å². The first-order valence-electron chi connectivity index (χ1n) is 4.62. The Morgan fingerprint density at radius 2 is 1.82 bits per heavy atom. The van der Waals surface area contributed by atoms with Crippen molar-refractivity contribution in [3.63, 3.8) is 0 Å². The summed E-state index contributed by atoms with van der Waals surface area (Å²) in [5.41, 5.74) is 0. The van der Waals surface area contributed by atoms with Gasteiger partial charge in [0.2, 0.25) is 0 Å². The molecule has 0 aromatic heterocycles. The summed E-state index contributed by atoms with van der Waals surface area (Å²) in [4.78, 5) is 2.15. The third-order valence-corrected chi connectivity index (χ3v) is 1.64. The number of hydrogen-bond donors (Lipinski definition) is 1. The van der Waals surface area contributed by atoms with Gasteiger partial charge in [0.05, 0.1) is 0 Å². The third kappa shape index (κ3) is 9.92. The Morgan fingerprint density at radius 3 is 2.36 bits per heavy atom. The summed E-state index contributed by atoms with van der Waals surface area (Å²) in [6.45, 7) is 4.41. The van der Waals surface area contributed by atoms with E-state index in [1.54, 1.807) is 0 Å². The number of nitrogens with zero attached hydrogens (tertiary/aromatic N) is 1. The minimum Gasteiger partial charge on any atom is -0.304 e. The fourth-order valence-corrected chi connectivity index (χ4v) is 0.979. The maximum absolute atomic E-state index is 3.37. The SMILES string of the molecule is CCCCCCNCN(C)C. The maximum atomic E-state index is 3.37. The zero-order valence-electron chi connectivity index (χ0n) is 8.19. The Kier molecular flexibility index (Phi) is 7.96. The summed E-state index contributed by atoms with van der Waals surface area (Å²) in [6.07, 6.45) is 5.40. The molecule has 0 heterocycles. The van der Waals surface area contributed by atoms with Crippen molar-refractivity contribution in [2.45, 2.75) is 32.6 Å². The highest BCUT2D eigenvalue weighted by molar-refractivity contribution is 4.46. The Balaban J connectivity index is 2.80. The van der Waals surface area contributed by atoms with Gasteiger partial charge in [-0.1, -0.05) is 26.2 Å². The fourth-order valence-electron chi connectivity index (χ4n) is 0.979. The zero-order valence-corrected chi connectivity index (χ0v) is 8.19. The first-order valence-corrected chi connectivity index (χ1v) is 4.62. The third-order valence-electron chi connectivity index (χ3n) is 1.64. The average Bonchev–Trinajstić information content (AvgIpc) is 1.96. The summed E-state index contributed by atoms with van der Waals surface area (Å²) in [5, 5.41) is 3.37. The Hall–Kier alpha value is -0.0800. The van der Waals surface area contributed by atoms with E-state index >= 15 is 0 Å². The first kappa shape index (κ1) is 10.9. The van der Waals surface area contributed by atoms with Gasteiger partial charge in [0.25, 0.3) is 0 Å². The van der Waals surface area contributed by atoms with E-state index in [9.17, 15) is 0 Å². The van der Waals surface area contributed by atoms with E-state index in [1.165, 1.54) is 25.7 Å². The fraction of sp³-hybridized carbons (Fsp3) is 1.00. The predicted octanol–water partition coefficient (Wildman–Crippen LogP) is 1.68. The molecule has 0 aromatic carbocycles. The molecule has 0 aliphatic carbocycles. The van der Waals surface area contributed by atoms with Gasteiger partial charge in [-0.3, -0.25) is 4.90 Å². The Bertz CT molecular complexity index is 72.0. The topological polar surface area (TPSA) is 15.3 Å². The molecule has 0 rings (SSSR count). The first-order chi connectivity index (χ1) is 5.27. The molecule has 0 aliphatic heterocycles. The van der Waals surface area contributed by atoms with Gasteiger partial charge in [0, 0.05) is 6.67 Å². The van der Waals surface area contributed by atoms with Crippen molar-refractivity contribution in [1.82, 2.24) is 10.2 Å². The number of unbranched alkanes of at least 4 members (excludes halogenated alkanes) is 3. The van der Waals surface area contributed by atoms with Crippen molar-refractivity contribution >= 4 is 0 Å². The van der Waals surface area contributed by atoms with Gasteiger partial charge < -0.3 is 5.32 Å². The highest BCUT2D eigenvalue weighted by atomic mass is 15.2. The van der Waals surface area contributed by atoms with Crippen LogP contribution in [-0.2, 0) is 0 Å². The van der Waals surface area contributed by atoms with Gasteiger partial charge >= 0.3 is 0 Å². The van der Waals surface area contributed by atoms with E-state index in [0.717, 1.165) is 13.2 Å². The number of nitrogens with one attached hydrogen (secondary N) is 1. The van der Waals surface area contributed by atoms with Gasteiger partial charge in [0.15, 0.2) is 0 Å². The summed E-state index contributed by atoms with van der Waals surface area (Å²) in [6, 6.07) is 0. The van der Waals surface area contributed by atoms with Crippen molar-refractivity contribution in [2.24, 2.45) is 0 Å². The lowest BCUT2D eigenvalue weighted by atomic mass is 10.2. The molecule has 2 nitrogen and oxygen atoms in total. The molecular formula is C9H22N2. The van der Waals surface area contributed by atoms with Gasteiger partial charge in [0.1, 0.15) is 0 Å². The second-order valence-corrected chi connectivity index (χ2v) is 3.30. The van der Waals surface area contributed by atoms with E-state index in [0.29, 0.717) is 0 Å². The smallest absolute Gasteiger partial charge is 0.0474 e. The zero-order chi connectivity index (χ0) is 8.53. The van der Waals surface area contributed by atoms with Gasteiger partial charge in [-0.2, -0.15) is 0 Å². The molecule has 0 saturated carbocycles. The van der Waals surface area contributed by atoms with E-state index in [4.69, 9.17) is 0 Å². The van der Waals surface area contributed by atoms with Crippen LogP contribution in [0.4, 0.5) is 0 Å². The number of rotatable bonds is 7. The molecule has 0 aromatic rings. The highest BCUT2D eigenvalue weighted by Crippen LogP contribution is 1.96. The quantitative estimate of drug-likeness (QED) is 0.448. The number of hydrogen-bond acceptors (Lipinski definition) is 2. The lowest BCUT2D eigenvalue weighted by Crippen LogP contribution is -2.28. The molecule has 11 heavy (non-hydrogen) atoms. The molecule has 0 atom stereocenters. The second-order valence-electron chi connectivity index (χ2n) is 3.30. The molecular weight excluding hydrogens is 136 g/mol. The van der Waals surface area contributed by atoms with Crippen LogP contribution in [0.25, 0.3) is 0 Å². The van der Waals surface area contributed by atoms with Crippen LogP contribution in [0.5, 0.6) is 0 Å². The molecule has 0 amide bonds. The van der Waals surface area contributed by atoms with Gasteiger partial charge in [-0.15, -0.1) is 0 Å². The predicted molar refractivity (Wildman–Crippen MR) is 50.7 cm³/mol. The molecule has 1 N–H and O–H groups in total. The normalized spacial score (nSPS) is 10.9. The molecule has 2 heteroatoms. The highest BCUT2D eigenvalue weighted by Gasteiger charge is 1.88. The summed E-state index contributed by atoms with van der Waals surface area (Å²) in [7, 11) is 4.16. The molecule has 68 valence electrons. The molecule has 0 fully saturated rings. The van der Waals surface area contributed by atoms with Gasteiger partial charge in [-0.25, -0.2) is 0 Å². The minimum atomic E-state index is 1.01. The van der Waals surface area contributed by atoms with Crippen LogP contribution < -0.4 is 5.32 Å². The van der Waals surface area contributed by atoms with Crippen LogP contribution in [0.1, 0.15) is 32.6 Å². The maximum Gasteiger partial charge on any atom is 0.0474 e. The lowest BCUT2D eigenvalue weighted by molar-refractivity contribution is 0.366. The van der Waals surface area contributed by atoms with E-state index in [2.05, 4.69) is 31.2 Å². The summed E-state index contributed by atoms with van der Waals surface area (Å²) in [5.74, 6) is 0. The molecule has 0 radical (unpaired) electrons. The van der Waals surface area contributed by atoms with Crippen LogP contribution in [0.15, 0.2) is 0 Å². The average molecular weight is 158 g/mol. The minimum absolute atomic E-state index is 1.01. The molecule has 0 saturated heterocycles. The molecule has 0 bridgehead atoms. The standard InChI is InChI=1S/C9H22N2/c1-4-5-6-7-8-10-9-11(2)3/h10H,4-9H2,1-3H3. The van der Waals surface area contributed by atoms with E-state index in [-0.39, 0.29) is 0 Å². The largest absolute Gasteiger partial charge is 0.304 e. The van der Waals surface area contributed by atoms with Crippen LogP contribution in [0, 0.1) is 0 Å². The van der Waals surface area contributed by atoms with Crippen molar-refractivity contribution in [1.29, 1.82) is 0 Å². The molecule has 0 aliphatic rings. The van der Waals surface area contributed by atoms with Crippen LogP contribution >= 0.6 is 0 Å². The van der Waals surface area contributed by atoms with Crippen LogP contribution in [-0.4, -0.2) is 32.2 Å². The van der Waals surface area contributed by atoms with Crippen molar-refractivity contribution in [3.8, 4) is 0 Å². The van der Waals surface area contributed by atoms with E-state index in [1.807, 2.05) is 0 Å². The van der Waals surface area contributed by atoms with Crippen LogP contribution in [0.3, 0.4) is 0 Å². The molecule has 0 unspecified atom stereocenters. The summed E-state index contributed by atoms with van der Waals surface area (Å²) >= 11 is 0. The molecule has 0 spiro atoms. The Morgan fingerprint density at radius 1 is 1.09 bits per heavy atom. The van der Waals surface area contributed by atoms with Crippen molar-refractivity contribution < 1.29 is 0 Å². The second kappa shape index (κ2) is 8.02. The lowest BCUT2D eigenvalue weighted by Gasteiger charge is -2.10. The van der Waals surface area contributed by atoms with Crippen LogP contribution in [0.2, 0.25) is 0 Å².